The molecule has 1 aromatic carbocycles. The van der Waals surface area contributed by atoms with E-state index in [4.69, 9.17) is 9.47 Å². The van der Waals surface area contributed by atoms with Gasteiger partial charge in [-0.1, -0.05) is 55.7 Å². The standard InChI is InChI=1S/C19H26O2/c1-2-17-13-16(15-9-5-3-6-10-15)14-19(20-17)21-18-11-7-4-8-12-18/h2-3,5-6,9-10,16-19H,1,4,7-8,11-14H2/t16-,17+,19+/m0/s1. The Balaban J connectivity index is 1.65. The van der Waals surface area contributed by atoms with Crippen LogP contribution in [0.25, 0.3) is 0 Å². The van der Waals surface area contributed by atoms with Crippen LogP contribution >= 0.6 is 0 Å². The van der Waals surface area contributed by atoms with Gasteiger partial charge in [-0.05, 0) is 30.7 Å². The molecular weight excluding hydrogens is 260 g/mol. The van der Waals surface area contributed by atoms with Crippen LogP contribution in [0, 0.1) is 0 Å². The van der Waals surface area contributed by atoms with Crippen LogP contribution in [0.2, 0.25) is 0 Å². The van der Waals surface area contributed by atoms with E-state index in [1.165, 1.54) is 37.7 Å². The summed E-state index contributed by atoms with van der Waals surface area (Å²) in [7, 11) is 0. The van der Waals surface area contributed by atoms with Crippen LogP contribution in [-0.2, 0) is 9.47 Å². The van der Waals surface area contributed by atoms with Crippen LogP contribution in [0.1, 0.15) is 56.4 Å². The molecule has 0 unspecified atom stereocenters. The summed E-state index contributed by atoms with van der Waals surface area (Å²) in [5.41, 5.74) is 1.39. The van der Waals surface area contributed by atoms with Gasteiger partial charge in [0.15, 0.2) is 6.29 Å². The minimum atomic E-state index is -0.0740. The van der Waals surface area contributed by atoms with Crippen molar-refractivity contribution < 1.29 is 9.47 Å². The van der Waals surface area contributed by atoms with E-state index in [2.05, 4.69) is 36.9 Å². The third kappa shape index (κ3) is 3.96. The lowest BCUT2D eigenvalue weighted by Crippen LogP contribution is -2.35. The summed E-state index contributed by atoms with van der Waals surface area (Å²) in [5.74, 6) is 0.511. The van der Waals surface area contributed by atoms with Gasteiger partial charge in [0.1, 0.15) is 0 Å². The lowest BCUT2D eigenvalue weighted by molar-refractivity contribution is -0.213. The predicted octanol–water partition coefficient (Wildman–Crippen LogP) is 4.81. The third-order valence-electron chi connectivity index (χ3n) is 4.75. The number of ether oxygens (including phenoxy) is 2. The van der Waals surface area contributed by atoms with E-state index in [1.54, 1.807) is 0 Å². The van der Waals surface area contributed by atoms with Crippen molar-refractivity contribution in [1.29, 1.82) is 0 Å². The molecule has 1 aliphatic carbocycles. The SMILES string of the molecule is C=C[C@@H]1C[C@H](c2ccccc2)C[C@@H](OC2CCCCC2)O1. The van der Waals surface area contributed by atoms with E-state index in [0.717, 1.165) is 12.8 Å². The zero-order valence-corrected chi connectivity index (χ0v) is 12.7. The molecule has 2 aliphatic rings. The molecule has 0 N–H and O–H groups in total. The summed E-state index contributed by atoms with van der Waals surface area (Å²) in [6.07, 6.45) is 10.6. The third-order valence-corrected chi connectivity index (χ3v) is 4.75. The lowest BCUT2D eigenvalue weighted by Gasteiger charge is -2.36. The molecule has 2 heteroatoms. The van der Waals surface area contributed by atoms with E-state index in [9.17, 15) is 0 Å². The second-order valence-electron chi connectivity index (χ2n) is 6.31. The molecular formula is C19H26O2. The fourth-order valence-corrected chi connectivity index (χ4v) is 3.57. The molecule has 1 saturated carbocycles. The quantitative estimate of drug-likeness (QED) is 0.739. The Bertz CT molecular complexity index is 436. The van der Waals surface area contributed by atoms with Crippen LogP contribution in [0.4, 0.5) is 0 Å². The Morgan fingerprint density at radius 1 is 1.05 bits per heavy atom. The van der Waals surface area contributed by atoms with E-state index in [1.807, 2.05) is 6.08 Å². The van der Waals surface area contributed by atoms with Gasteiger partial charge in [0.2, 0.25) is 0 Å². The fourth-order valence-electron chi connectivity index (χ4n) is 3.57. The van der Waals surface area contributed by atoms with Crippen LogP contribution in [0.3, 0.4) is 0 Å². The molecule has 21 heavy (non-hydrogen) atoms. The Labute approximate surface area is 128 Å². The van der Waals surface area contributed by atoms with E-state index in [0.29, 0.717) is 12.0 Å². The molecule has 2 nitrogen and oxygen atoms in total. The van der Waals surface area contributed by atoms with Crippen molar-refractivity contribution in [2.24, 2.45) is 0 Å². The highest BCUT2D eigenvalue weighted by molar-refractivity contribution is 5.20. The number of hydrogen-bond acceptors (Lipinski definition) is 2. The predicted molar refractivity (Wildman–Crippen MR) is 85.2 cm³/mol. The molecule has 0 spiro atoms. The molecule has 2 fully saturated rings. The smallest absolute Gasteiger partial charge is 0.159 e. The zero-order chi connectivity index (χ0) is 14.5. The van der Waals surface area contributed by atoms with Crippen molar-refractivity contribution in [1.82, 2.24) is 0 Å². The van der Waals surface area contributed by atoms with Crippen molar-refractivity contribution in [3.8, 4) is 0 Å². The minimum absolute atomic E-state index is 0.0740. The van der Waals surface area contributed by atoms with Gasteiger partial charge in [0, 0.05) is 6.42 Å². The molecule has 0 bridgehead atoms. The van der Waals surface area contributed by atoms with E-state index < -0.39 is 0 Å². The Morgan fingerprint density at radius 3 is 2.52 bits per heavy atom. The highest BCUT2D eigenvalue weighted by Gasteiger charge is 2.31. The minimum Gasteiger partial charge on any atom is -0.349 e. The van der Waals surface area contributed by atoms with Gasteiger partial charge in [0.05, 0.1) is 12.2 Å². The summed E-state index contributed by atoms with van der Waals surface area (Å²) >= 11 is 0. The fraction of sp³-hybridized carbons (Fsp3) is 0.579. The highest BCUT2D eigenvalue weighted by atomic mass is 16.7. The van der Waals surface area contributed by atoms with Gasteiger partial charge in [-0.25, -0.2) is 0 Å². The Morgan fingerprint density at radius 2 is 1.81 bits per heavy atom. The summed E-state index contributed by atoms with van der Waals surface area (Å²) in [4.78, 5) is 0. The van der Waals surface area contributed by atoms with Gasteiger partial charge in [-0.15, -0.1) is 6.58 Å². The summed E-state index contributed by atoms with van der Waals surface area (Å²) in [6, 6.07) is 10.7. The molecule has 1 aromatic rings. The average molecular weight is 286 g/mol. The molecule has 1 aliphatic heterocycles. The highest BCUT2D eigenvalue weighted by Crippen LogP contribution is 2.35. The number of hydrogen-bond donors (Lipinski definition) is 0. The van der Waals surface area contributed by atoms with Gasteiger partial charge >= 0.3 is 0 Å². The van der Waals surface area contributed by atoms with E-state index in [-0.39, 0.29) is 12.4 Å². The largest absolute Gasteiger partial charge is 0.349 e. The van der Waals surface area contributed by atoms with Crippen molar-refractivity contribution in [3.63, 3.8) is 0 Å². The molecule has 0 radical (unpaired) electrons. The molecule has 114 valence electrons. The first-order valence-electron chi connectivity index (χ1n) is 8.33. The Hall–Kier alpha value is -1.12. The summed E-state index contributed by atoms with van der Waals surface area (Å²) < 4.78 is 12.3. The number of rotatable bonds is 4. The molecule has 1 saturated heterocycles. The number of benzene rings is 1. The normalized spacial score (nSPS) is 31.0. The molecule has 3 atom stereocenters. The maximum atomic E-state index is 6.25. The van der Waals surface area contributed by atoms with Crippen molar-refractivity contribution in [2.45, 2.75) is 69.4 Å². The van der Waals surface area contributed by atoms with Crippen LogP contribution in [0.5, 0.6) is 0 Å². The summed E-state index contributed by atoms with van der Waals surface area (Å²) in [6.45, 7) is 3.91. The lowest BCUT2D eigenvalue weighted by atomic mass is 9.88. The summed E-state index contributed by atoms with van der Waals surface area (Å²) in [5, 5.41) is 0. The van der Waals surface area contributed by atoms with Gasteiger partial charge in [-0.2, -0.15) is 0 Å². The van der Waals surface area contributed by atoms with Crippen molar-refractivity contribution in [2.75, 3.05) is 0 Å². The van der Waals surface area contributed by atoms with Gasteiger partial charge in [0.25, 0.3) is 0 Å². The second kappa shape index (κ2) is 7.24. The van der Waals surface area contributed by atoms with Crippen molar-refractivity contribution >= 4 is 0 Å². The first-order valence-corrected chi connectivity index (χ1v) is 8.33. The van der Waals surface area contributed by atoms with Crippen LogP contribution < -0.4 is 0 Å². The van der Waals surface area contributed by atoms with E-state index >= 15 is 0 Å². The zero-order valence-electron chi connectivity index (χ0n) is 12.7. The maximum absolute atomic E-state index is 6.25. The maximum Gasteiger partial charge on any atom is 0.159 e. The van der Waals surface area contributed by atoms with Crippen LogP contribution in [-0.4, -0.2) is 18.5 Å². The molecule has 3 rings (SSSR count). The Kier molecular flexibility index (Phi) is 5.10. The van der Waals surface area contributed by atoms with Crippen molar-refractivity contribution in [3.05, 3.63) is 48.6 Å². The molecule has 1 heterocycles. The average Bonchev–Trinajstić information content (AvgIpc) is 2.56. The first-order chi connectivity index (χ1) is 10.3. The van der Waals surface area contributed by atoms with Gasteiger partial charge in [-0.3, -0.25) is 0 Å². The monoisotopic (exact) mass is 286 g/mol. The van der Waals surface area contributed by atoms with Crippen LogP contribution in [0.15, 0.2) is 43.0 Å². The first kappa shape index (κ1) is 14.8. The molecule has 0 amide bonds. The second-order valence-corrected chi connectivity index (χ2v) is 6.31. The topological polar surface area (TPSA) is 18.5 Å². The molecule has 0 aromatic heterocycles. The van der Waals surface area contributed by atoms with Gasteiger partial charge < -0.3 is 9.47 Å².